The summed E-state index contributed by atoms with van der Waals surface area (Å²) in [6, 6.07) is 0. The molecular formula is C63H122O6. The van der Waals surface area contributed by atoms with Crippen molar-refractivity contribution in [1.29, 1.82) is 0 Å². The van der Waals surface area contributed by atoms with Crippen molar-refractivity contribution >= 4 is 17.9 Å². The van der Waals surface area contributed by atoms with Crippen molar-refractivity contribution < 1.29 is 28.6 Å². The Balaban J connectivity index is 4.25. The van der Waals surface area contributed by atoms with Crippen molar-refractivity contribution in [3.05, 3.63) is 0 Å². The fraction of sp³-hybridized carbons (Fsp3) is 0.952. The lowest BCUT2D eigenvalue weighted by molar-refractivity contribution is -0.167. The Labute approximate surface area is 431 Å². The van der Waals surface area contributed by atoms with E-state index in [0.29, 0.717) is 19.3 Å². The van der Waals surface area contributed by atoms with E-state index in [9.17, 15) is 14.4 Å². The third-order valence-electron chi connectivity index (χ3n) is 14.8. The third-order valence-corrected chi connectivity index (χ3v) is 14.8. The van der Waals surface area contributed by atoms with Gasteiger partial charge in [-0.25, -0.2) is 0 Å². The van der Waals surface area contributed by atoms with Crippen LogP contribution in [0, 0.1) is 11.8 Å². The van der Waals surface area contributed by atoms with Gasteiger partial charge in [-0.2, -0.15) is 0 Å². The van der Waals surface area contributed by atoms with Crippen LogP contribution >= 0.6 is 0 Å². The van der Waals surface area contributed by atoms with Crippen LogP contribution in [-0.2, 0) is 28.6 Å². The van der Waals surface area contributed by atoms with Crippen LogP contribution in [0.4, 0.5) is 0 Å². The molecule has 0 saturated heterocycles. The molecule has 0 heterocycles. The zero-order valence-electron chi connectivity index (χ0n) is 47.5. The number of ether oxygens (including phenoxy) is 3. The SMILES string of the molecule is CCCCCCCCCCCCCCCCCCCCC(=O)OC[C@H](COC(=O)CCCCCCCCCCC(C)CC)OC(=O)CCCCCCCCCCCCCCCCCCCCC(C)C. The molecule has 0 rings (SSSR count). The summed E-state index contributed by atoms with van der Waals surface area (Å²) in [5.41, 5.74) is 0. The zero-order chi connectivity index (χ0) is 50.4. The van der Waals surface area contributed by atoms with Gasteiger partial charge in [-0.1, -0.05) is 317 Å². The summed E-state index contributed by atoms with van der Waals surface area (Å²) in [5.74, 6) is 0.870. The minimum absolute atomic E-state index is 0.0625. The number of hydrogen-bond acceptors (Lipinski definition) is 6. The number of carbonyl (C=O) groups excluding carboxylic acids is 3. The highest BCUT2D eigenvalue weighted by Crippen LogP contribution is 2.19. The van der Waals surface area contributed by atoms with E-state index in [1.54, 1.807) is 0 Å². The van der Waals surface area contributed by atoms with Gasteiger partial charge in [-0.05, 0) is 31.1 Å². The predicted molar refractivity (Wildman–Crippen MR) is 298 cm³/mol. The van der Waals surface area contributed by atoms with Crippen molar-refractivity contribution in [1.82, 2.24) is 0 Å². The maximum atomic E-state index is 12.9. The van der Waals surface area contributed by atoms with Crippen LogP contribution in [0.2, 0.25) is 0 Å². The molecule has 69 heavy (non-hydrogen) atoms. The van der Waals surface area contributed by atoms with Gasteiger partial charge >= 0.3 is 17.9 Å². The fourth-order valence-corrected chi connectivity index (χ4v) is 9.73. The first-order valence-electron chi connectivity index (χ1n) is 31.3. The van der Waals surface area contributed by atoms with E-state index >= 15 is 0 Å². The van der Waals surface area contributed by atoms with Gasteiger partial charge in [0.1, 0.15) is 13.2 Å². The molecule has 0 aromatic rings. The van der Waals surface area contributed by atoms with Crippen molar-refractivity contribution in [3.8, 4) is 0 Å². The molecule has 0 spiro atoms. The van der Waals surface area contributed by atoms with Gasteiger partial charge < -0.3 is 14.2 Å². The molecule has 6 heteroatoms. The highest BCUT2D eigenvalue weighted by Gasteiger charge is 2.19. The molecule has 0 fully saturated rings. The van der Waals surface area contributed by atoms with Gasteiger partial charge in [0.15, 0.2) is 6.10 Å². The largest absolute Gasteiger partial charge is 0.462 e. The molecule has 0 saturated carbocycles. The minimum atomic E-state index is -0.764. The second kappa shape index (κ2) is 55.7. The Kier molecular flexibility index (Phi) is 54.4. The number of unbranched alkanes of at least 4 members (excludes halogenated alkanes) is 41. The first-order valence-corrected chi connectivity index (χ1v) is 31.3. The van der Waals surface area contributed by atoms with Gasteiger partial charge in [0, 0.05) is 19.3 Å². The third kappa shape index (κ3) is 55.6. The molecule has 0 aliphatic heterocycles. The Morgan fingerprint density at radius 1 is 0.304 bits per heavy atom. The van der Waals surface area contributed by atoms with Gasteiger partial charge in [-0.15, -0.1) is 0 Å². The van der Waals surface area contributed by atoms with Gasteiger partial charge in [0.2, 0.25) is 0 Å². The maximum absolute atomic E-state index is 12.9. The lowest BCUT2D eigenvalue weighted by Gasteiger charge is -2.18. The van der Waals surface area contributed by atoms with Crippen molar-refractivity contribution in [2.75, 3.05) is 13.2 Å². The number of esters is 3. The number of hydrogen-bond donors (Lipinski definition) is 0. The second-order valence-electron chi connectivity index (χ2n) is 22.4. The molecule has 2 atom stereocenters. The molecule has 0 aliphatic carbocycles. The van der Waals surface area contributed by atoms with E-state index in [-0.39, 0.29) is 31.1 Å². The van der Waals surface area contributed by atoms with E-state index in [1.807, 2.05) is 0 Å². The summed E-state index contributed by atoms with van der Waals surface area (Å²) >= 11 is 0. The van der Waals surface area contributed by atoms with E-state index in [1.165, 1.54) is 244 Å². The van der Waals surface area contributed by atoms with E-state index in [2.05, 4.69) is 34.6 Å². The summed E-state index contributed by atoms with van der Waals surface area (Å²) in [7, 11) is 0. The summed E-state index contributed by atoms with van der Waals surface area (Å²) in [5, 5.41) is 0. The normalized spacial score (nSPS) is 12.4. The summed E-state index contributed by atoms with van der Waals surface area (Å²) in [4.78, 5) is 38.2. The molecule has 1 unspecified atom stereocenters. The average molecular weight is 976 g/mol. The van der Waals surface area contributed by atoms with Gasteiger partial charge in [0.05, 0.1) is 0 Å². The zero-order valence-corrected chi connectivity index (χ0v) is 47.5. The second-order valence-corrected chi connectivity index (χ2v) is 22.4. The molecular weight excluding hydrogens is 853 g/mol. The fourth-order valence-electron chi connectivity index (χ4n) is 9.73. The minimum Gasteiger partial charge on any atom is -0.462 e. The van der Waals surface area contributed by atoms with Crippen molar-refractivity contribution in [2.24, 2.45) is 11.8 Å². The molecule has 0 N–H and O–H groups in total. The quantitative estimate of drug-likeness (QED) is 0.0343. The van der Waals surface area contributed by atoms with Crippen molar-refractivity contribution in [3.63, 3.8) is 0 Å². The Morgan fingerprint density at radius 2 is 0.551 bits per heavy atom. The Hall–Kier alpha value is -1.59. The molecule has 0 aliphatic rings. The Morgan fingerprint density at radius 3 is 0.826 bits per heavy atom. The first-order chi connectivity index (χ1) is 33.8. The van der Waals surface area contributed by atoms with Crippen LogP contribution in [-0.4, -0.2) is 37.2 Å². The average Bonchev–Trinajstić information content (AvgIpc) is 3.34. The first kappa shape index (κ1) is 67.4. The maximum Gasteiger partial charge on any atom is 0.306 e. The van der Waals surface area contributed by atoms with Crippen LogP contribution in [0.5, 0.6) is 0 Å². The molecule has 0 bridgehead atoms. The standard InChI is InChI=1S/C63H122O6/c1-6-8-9-10-11-12-13-14-15-16-20-23-26-29-32-38-43-48-53-61(64)67-56-60(57-68-62(65)54-49-44-39-35-34-37-42-47-52-59(5)7-2)69-63(66)55-50-45-40-33-30-27-24-21-18-17-19-22-25-28-31-36-41-46-51-58(3)4/h58-60H,6-57H2,1-5H3/t59?,60-/m1/s1. The lowest BCUT2D eigenvalue weighted by atomic mass is 9.99. The van der Waals surface area contributed by atoms with Crippen LogP contribution in [0.3, 0.4) is 0 Å². The molecule has 410 valence electrons. The smallest absolute Gasteiger partial charge is 0.306 e. The van der Waals surface area contributed by atoms with E-state index in [4.69, 9.17) is 14.2 Å². The van der Waals surface area contributed by atoms with Gasteiger partial charge in [-0.3, -0.25) is 14.4 Å². The highest BCUT2D eigenvalue weighted by atomic mass is 16.6. The monoisotopic (exact) mass is 975 g/mol. The predicted octanol–water partition coefficient (Wildman–Crippen LogP) is 20.8. The van der Waals surface area contributed by atoms with Gasteiger partial charge in [0.25, 0.3) is 0 Å². The lowest BCUT2D eigenvalue weighted by Crippen LogP contribution is -2.30. The van der Waals surface area contributed by atoms with Crippen LogP contribution in [0.25, 0.3) is 0 Å². The summed E-state index contributed by atoms with van der Waals surface area (Å²) in [6.07, 6.45) is 61.0. The summed E-state index contributed by atoms with van der Waals surface area (Å²) in [6.45, 7) is 11.4. The molecule has 0 aromatic heterocycles. The van der Waals surface area contributed by atoms with Crippen LogP contribution in [0.15, 0.2) is 0 Å². The molecule has 0 radical (unpaired) electrons. The van der Waals surface area contributed by atoms with Crippen LogP contribution < -0.4 is 0 Å². The Bertz CT molecular complexity index is 1060. The summed E-state index contributed by atoms with van der Waals surface area (Å²) < 4.78 is 16.9. The molecule has 0 aromatic carbocycles. The van der Waals surface area contributed by atoms with E-state index < -0.39 is 6.10 Å². The molecule has 0 amide bonds. The van der Waals surface area contributed by atoms with E-state index in [0.717, 1.165) is 69.6 Å². The number of carbonyl (C=O) groups is 3. The topological polar surface area (TPSA) is 78.9 Å². The van der Waals surface area contributed by atoms with Crippen molar-refractivity contribution in [2.45, 2.75) is 362 Å². The number of rotatable bonds is 57. The highest BCUT2D eigenvalue weighted by molar-refractivity contribution is 5.71. The van der Waals surface area contributed by atoms with Crippen LogP contribution in [0.1, 0.15) is 356 Å². The molecule has 6 nitrogen and oxygen atoms in total.